The third-order valence-corrected chi connectivity index (χ3v) is 5.78. The van der Waals surface area contributed by atoms with Crippen LogP contribution in [0.15, 0.2) is 29.6 Å². The number of thiazole rings is 1. The molecule has 2 unspecified atom stereocenters. The van der Waals surface area contributed by atoms with Crippen molar-refractivity contribution >= 4 is 28.5 Å². The molecule has 0 aliphatic carbocycles. The number of rotatable bonds is 6. The van der Waals surface area contributed by atoms with Gasteiger partial charge in [0, 0.05) is 35.9 Å². The zero-order valence-electron chi connectivity index (χ0n) is 16.1. The lowest BCUT2D eigenvalue weighted by Crippen LogP contribution is -2.23. The number of ether oxygens (including phenoxy) is 2. The van der Waals surface area contributed by atoms with Crippen molar-refractivity contribution in [2.75, 3.05) is 13.7 Å². The minimum Gasteiger partial charge on any atom is -0.497 e. The van der Waals surface area contributed by atoms with Gasteiger partial charge in [-0.3, -0.25) is 0 Å². The van der Waals surface area contributed by atoms with E-state index in [1.54, 1.807) is 18.4 Å². The van der Waals surface area contributed by atoms with Crippen LogP contribution in [0.3, 0.4) is 0 Å². The summed E-state index contributed by atoms with van der Waals surface area (Å²) >= 11 is 1.59. The lowest BCUT2D eigenvalue weighted by molar-refractivity contribution is -0.109. The van der Waals surface area contributed by atoms with Crippen LogP contribution < -0.4 is 14.8 Å². The molecule has 146 valence electrons. The van der Waals surface area contributed by atoms with E-state index in [0.29, 0.717) is 18.9 Å². The standard InChI is InChI=1S/C21H23N3O3S/c1-12(2)19-11-28-21(24-19)18-8-20(27-15-6-13(10-25)22-9-15)16-5-4-14(26-3)7-17(16)23-18/h4-5,7-8,10-13,15,22H,6,9H2,1-3H3. The van der Waals surface area contributed by atoms with E-state index in [2.05, 4.69) is 24.5 Å². The van der Waals surface area contributed by atoms with Crippen molar-refractivity contribution in [2.24, 2.45) is 0 Å². The first kappa shape index (κ1) is 18.8. The maximum Gasteiger partial charge on any atom is 0.142 e. The van der Waals surface area contributed by atoms with Crippen LogP contribution >= 0.6 is 11.3 Å². The molecule has 1 aromatic carbocycles. The number of nitrogens with zero attached hydrogens (tertiary/aromatic N) is 2. The van der Waals surface area contributed by atoms with Crippen LogP contribution in [0.25, 0.3) is 21.6 Å². The van der Waals surface area contributed by atoms with Gasteiger partial charge in [0.1, 0.15) is 34.6 Å². The zero-order valence-corrected chi connectivity index (χ0v) is 17.0. The lowest BCUT2D eigenvalue weighted by atomic mass is 10.1. The highest BCUT2D eigenvalue weighted by molar-refractivity contribution is 7.13. The van der Waals surface area contributed by atoms with Crippen molar-refractivity contribution in [3.8, 4) is 22.2 Å². The van der Waals surface area contributed by atoms with Crippen molar-refractivity contribution in [1.29, 1.82) is 0 Å². The highest BCUT2D eigenvalue weighted by Gasteiger charge is 2.26. The molecule has 28 heavy (non-hydrogen) atoms. The predicted molar refractivity (Wildman–Crippen MR) is 110 cm³/mol. The summed E-state index contributed by atoms with van der Waals surface area (Å²) in [6.07, 6.45) is 1.54. The summed E-state index contributed by atoms with van der Waals surface area (Å²) in [5.74, 6) is 1.86. The number of fused-ring (bicyclic) bond motifs is 1. The fourth-order valence-corrected chi connectivity index (χ4v) is 4.23. The molecule has 0 spiro atoms. The monoisotopic (exact) mass is 397 g/mol. The molecule has 7 heteroatoms. The van der Waals surface area contributed by atoms with E-state index in [-0.39, 0.29) is 12.1 Å². The van der Waals surface area contributed by atoms with Gasteiger partial charge in [-0.2, -0.15) is 0 Å². The first-order valence-electron chi connectivity index (χ1n) is 9.37. The Hall–Kier alpha value is -2.51. The largest absolute Gasteiger partial charge is 0.497 e. The number of carbonyl (C=O) groups excluding carboxylic acids is 1. The second kappa shape index (κ2) is 7.85. The van der Waals surface area contributed by atoms with E-state index in [4.69, 9.17) is 19.4 Å². The molecule has 1 aliphatic rings. The van der Waals surface area contributed by atoms with E-state index < -0.39 is 0 Å². The van der Waals surface area contributed by atoms with Gasteiger partial charge in [0.05, 0.1) is 24.4 Å². The number of aldehydes is 1. The SMILES string of the molecule is COc1ccc2c(OC3CNC(C=O)C3)cc(-c3nc(C(C)C)cs3)nc2c1. The number of aromatic nitrogens is 2. The number of benzene rings is 1. The van der Waals surface area contributed by atoms with Gasteiger partial charge >= 0.3 is 0 Å². The van der Waals surface area contributed by atoms with Gasteiger partial charge in [-0.1, -0.05) is 13.8 Å². The first-order valence-corrected chi connectivity index (χ1v) is 10.2. The van der Waals surface area contributed by atoms with E-state index in [1.165, 1.54) is 0 Å². The van der Waals surface area contributed by atoms with E-state index >= 15 is 0 Å². The van der Waals surface area contributed by atoms with Gasteiger partial charge in [0.2, 0.25) is 0 Å². The molecule has 1 saturated heterocycles. The number of nitrogens with one attached hydrogen (secondary N) is 1. The Balaban J connectivity index is 1.76. The van der Waals surface area contributed by atoms with Gasteiger partial charge < -0.3 is 19.6 Å². The summed E-state index contributed by atoms with van der Waals surface area (Å²) in [4.78, 5) is 20.6. The highest BCUT2D eigenvalue weighted by atomic mass is 32.1. The molecule has 0 radical (unpaired) electrons. The smallest absolute Gasteiger partial charge is 0.142 e. The molecule has 0 bridgehead atoms. The number of hydrogen-bond donors (Lipinski definition) is 1. The second-order valence-corrected chi connectivity index (χ2v) is 8.11. The van der Waals surface area contributed by atoms with Crippen molar-refractivity contribution in [3.05, 3.63) is 35.3 Å². The fraction of sp³-hybridized carbons (Fsp3) is 0.381. The molecule has 6 nitrogen and oxygen atoms in total. The highest BCUT2D eigenvalue weighted by Crippen LogP contribution is 2.35. The molecule has 3 aromatic rings. The average molecular weight is 398 g/mol. The molecule has 0 amide bonds. The minimum atomic E-state index is -0.148. The number of methoxy groups -OCH3 is 1. The molecular formula is C21H23N3O3S. The third kappa shape index (κ3) is 3.72. The van der Waals surface area contributed by atoms with Gasteiger partial charge in [-0.15, -0.1) is 11.3 Å². The van der Waals surface area contributed by atoms with Crippen LogP contribution in [0, 0.1) is 0 Å². The van der Waals surface area contributed by atoms with E-state index in [1.807, 2.05) is 24.3 Å². The first-order chi connectivity index (χ1) is 13.6. The minimum absolute atomic E-state index is 0.0572. The Morgan fingerprint density at radius 3 is 2.82 bits per heavy atom. The summed E-state index contributed by atoms with van der Waals surface area (Å²) in [7, 11) is 1.64. The molecule has 2 aromatic heterocycles. The van der Waals surface area contributed by atoms with Gasteiger partial charge in [0.25, 0.3) is 0 Å². The van der Waals surface area contributed by atoms with Crippen molar-refractivity contribution in [1.82, 2.24) is 15.3 Å². The molecule has 1 aliphatic heterocycles. The van der Waals surface area contributed by atoms with Crippen molar-refractivity contribution < 1.29 is 14.3 Å². The van der Waals surface area contributed by atoms with Crippen LogP contribution in [0.4, 0.5) is 0 Å². The lowest BCUT2D eigenvalue weighted by Gasteiger charge is -2.16. The second-order valence-electron chi connectivity index (χ2n) is 7.25. The Kier molecular flexibility index (Phi) is 5.28. The van der Waals surface area contributed by atoms with Crippen LogP contribution in [0.1, 0.15) is 31.9 Å². The topological polar surface area (TPSA) is 73.3 Å². The Morgan fingerprint density at radius 1 is 1.29 bits per heavy atom. The van der Waals surface area contributed by atoms with Gasteiger partial charge in [-0.25, -0.2) is 9.97 Å². The summed E-state index contributed by atoms with van der Waals surface area (Å²) in [6.45, 7) is 4.90. The van der Waals surface area contributed by atoms with E-state index in [9.17, 15) is 4.79 Å². The third-order valence-electron chi connectivity index (χ3n) is 4.89. The number of pyridine rings is 1. The average Bonchev–Trinajstić information content (AvgIpc) is 3.37. The molecule has 4 rings (SSSR count). The molecule has 1 N–H and O–H groups in total. The summed E-state index contributed by atoms with van der Waals surface area (Å²) in [6, 6.07) is 7.57. The summed E-state index contributed by atoms with van der Waals surface area (Å²) in [5.41, 5.74) is 2.64. The van der Waals surface area contributed by atoms with Gasteiger partial charge in [0.15, 0.2) is 0 Å². The van der Waals surface area contributed by atoms with Crippen LogP contribution in [0.5, 0.6) is 11.5 Å². The van der Waals surface area contributed by atoms with Crippen LogP contribution in [-0.2, 0) is 4.79 Å². The Bertz CT molecular complexity index is 1000. The number of hydrogen-bond acceptors (Lipinski definition) is 7. The van der Waals surface area contributed by atoms with Crippen molar-refractivity contribution in [3.63, 3.8) is 0 Å². The van der Waals surface area contributed by atoms with E-state index in [0.717, 1.165) is 45.1 Å². The molecule has 1 fully saturated rings. The van der Waals surface area contributed by atoms with Crippen LogP contribution in [-0.4, -0.2) is 42.1 Å². The predicted octanol–water partition coefficient (Wildman–Crippen LogP) is 3.80. The molecule has 0 saturated carbocycles. The maximum absolute atomic E-state index is 11.0. The molecule has 3 heterocycles. The van der Waals surface area contributed by atoms with Crippen LogP contribution in [0.2, 0.25) is 0 Å². The summed E-state index contributed by atoms with van der Waals surface area (Å²) < 4.78 is 11.6. The fourth-order valence-electron chi connectivity index (χ4n) is 3.29. The molecule has 2 atom stereocenters. The van der Waals surface area contributed by atoms with Crippen molar-refractivity contribution in [2.45, 2.75) is 38.3 Å². The van der Waals surface area contributed by atoms with Gasteiger partial charge in [-0.05, 0) is 18.1 Å². The summed E-state index contributed by atoms with van der Waals surface area (Å²) in [5, 5.41) is 7.03. The quantitative estimate of drug-likeness (QED) is 0.638. The Morgan fingerprint density at radius 2 is 2.14 bits per heavy atom. The number of carbonyl (C=O) groups is 1. The molecular weight excluding hydrogens is 374 g/mol. The maximum atomic E-state index is 11.0. The normalized spacial score (nSPS) is 19.3. The zero-order chi connectivity index (χ0) is 19.7. The Labute approximate surface area is 167 Å².